The Bertz CT molecular complexity index is 243. The van der Waals surface area contributed by atoms with Crippen LogP contribution in [-0.4, -0.2) is 42.7 Å². The molecule has 0 aromatic rings. The summed E-state index contributed by atoms with van der Waals surface area (Å²) in [6.45, 7) is 3.80. The van der Waals surface area contributed by atoms with Gasteiger partial charge in [0.2, 0.25) is 6.29 Å². The molecule has 2 saturated heterocycles. The molecule has 6 heteroatoms. The molecule has 3 unspecified atom stereocenters. The number of ether oxygens (including phenoxy) is 4. The molecule has 2 fully saturated rings. The highest BCUT2D eigenvalue weighted by Gasteiger charge is 2.49. The third-order valence-electron chi connectivity index (χ3n) is 2.74. The van der Waals surface area contributed by atoms with Crippen LogP contribution in [0.25, 0.3) is 0 Å². The predicted molar refractivity (Wildman–Crippen MR) is 46.4 cm³/mol. The fourth-order valence-corrected chi connectivity index (χ4v) is 1.89. The fourth-order valence-electron chi connectivity index (χ4n) is 1.89. The average molecular weight is 218 g/mol. The van der Waals surface area contributed by atoms with Gasteiger partial charge in [-0.05, 0) is 6.92 Å². The van der Waals surface area contributed by atoms with Crippen LogP contribution in [0.2, 0.25) is 0 Å². The van der Waals surface area contributed by atoms with Crippen molar-refractivity contribution < 1.29 is 28.8 Å². The van der Waals surface area contributed by atoms with Gasteiger partial charge in [-0.3, -0.25) is 4.79 Å². The van der Waals surface area contributed by atoms with Crippen molar-refractivity contribution in [1.82, 2.24) is 0 Å². The highest BCUT2D eigenvalue weighted by atomic mass is 16.8. The Hall–Kier alpha value is -0.690. The fraction of sp³-hybridized carbons (Fsp3) is 0.889. The number of carbonyl (C=O) groups is 1. The van der Waals surface area contributed by atoms with Gasteiger partial charge in [0.15, 0.2) is 12.6 Å². The van der Waals surface area contributed by atoms with Crippen LogP contribution in [0.4, 0.5) is 0 Å². The van der Waals surface area contributed by atoms with Crippen molar-refractivity contribution in [2.24, 2.45) is 5.92 Å². The quantitative estimate of drug-likeness (QED) is 0.636. The first-order valence-corrected chi connectivity index (χ1v) is 4.87. The molecule has 2 rings (SSSR count). The summed E-state index contributed by atoms with van der Waals surface area (Å²) in [5.74, 6) is -0.210. The summed E-state index contributed by atoms with van der Waals surface area (Å²) in [6.07, 6.45) is -3.15. The van der Waals surface area contributed by atoms with Crippen molar-refractivity contribution in [3.05, 3.63) is 0 Å². The lowest BCUT2D eigenvalue weighted by Gasteiger charge is -2.37. The van der Waals surface area contributed by atoms with Crippen molar-refractivity contribution in [3.63, 3.8) is 0 Å². The Balaban J connectivity index is 2.08. The van der Waals surface area contributed by atoms with Gasteiger partial charge in [0.1, 0.15) is 12.2 Å². The minimum atomic E-state index is -0.979. The van der Waals surface area contributed by atoms with Crippen molar-refractivity contribution in [2.45, 2.75) is 44.9 Å². The molecular weight excluding hydrogens is 204 g/mol. The molecule has 6 nitrogen and oxygen atoms in total. The second-order valence-electron chi connectivity index (χ2n) is 3.76. The highest BCUT2D eigenvalue weighted by Crippen LogP contribution is 2.34. The molecule has 2 heterocycles. The molecule has 1 N–H and O–H groups in total. The van der Waals surface area contributed by atoms with E-state index in [0.717, 1.165) is 0 Å². The standard InChI is InChI=1S/C9H14O6/c1-4-6(11)8(12-3-10)15-9-7(4)13-5(2)14-9/h3-9,11H,1-2H3/t4?,5?,6-,7-,8?,9-/m0/s1. The first kappa shape index (κ1) is 10.8. The molecule has 0 bridgehead atoms. The molecule has 0 aromatic carbocycles. The number of hydrogen-bond acceptors (Lipinski definition) is 6. The van der Waals surface area contributed by atoms with Gasteiger partial charge < -0.3 is 24.1 Å². The molecule has 15 heavy (non-hydrogen) atoms. The summed E-state index contributed by atoms with van der Waals surface area (Å²) in [5, 5.41) is 9.76. The molecule has 0 amide bonds. The van der Waals surface area contributed by atoms with Gasteiger partial charge in [-0.25, -0.2) is 0 Å². The van der Waals surface area contributed by atoms with Crippen LogP contribution in [0.1, 0.15) is 13.8 Å². The van der Waals surface area contributed by atoms with E-state index in [1.165, 1.54) is 0 Å². The largest absolute Gasteiger partial charge is 0.435 e. The summed E-state index contributed by atoms with van der Waals surface area (Å²) >= 11 is 0. The highest BCUT2D eigenvalue weighted by molar-refractivity contribution is 5.37. The van der Waals surface area contributed by atoms with E-state index in [-0.39, 0.29) is 24.8 Å². The molecule has 0 radical (unpaired) electrons. The average Bonchev–Trinajstić information content (AvgIpc) is 2.56. The van der Waals surface area contributed by atoms with Crippen LogP contribution in [0, 0.1) is 5.92 Å². The monoisotopic (exact) mass is 218 g/mol. The van der Waals surface area contributed by atoms with Gasteiger partial charge in [0.25, 0.3) is 6.47 Å². The van der Waals surface area contributed by atoms with Gasteiger partial charge in [-0.15, -0.1) is 0 Å². The number of fused-ring (bicyclic) bond motifs is 1. The zero-order valence-electron chi connectivity index (χ0n) is 8.53. The van der Waals surface area contributed by atoms with Crippen molar-refractivity contribution in [3.8, 4) is 0 Å². The van der Waals surface area contributed by atoms with Gasteiger partial charge >= 0.3 is 0 Å². The Kier molecular flexibility index (Phi) is 2.92. The molecule has 6 atom stereocenters. The number of hydrogen-bond donors (Lipinski definition) is 1. The van der Waals surface area contributed by atoms with Gasteiger partial charge in [0.05, 0.1) is 0 Å². The van der Waals surface area contributed by atoms with E-state index in [0.29, 0.717) is 0 Å². The molecule has 2 aliphatic rings. The van der Waals surface area contributed by atoms with Gasteiger partial charge in [0, 0.05) is 5.92 Å². The maximum Gasteiger partial charge on any atom is 0.295 e. The Morgan fingerprint density at radius 2 is 2.00 bits per heavy atom. The Morgan fingerprint density at radius 1 is 1.27 bits per heavy atom. The molecule has 86 valence electrons. The van der Waals surface area contributed by atoms with Gasteiger partial charge in [-0.1, -0.05) is 6.92 Å². The number of aliphatic hydroxyl groups is 1. The summed E-state index contributed by atoms with van der Waals surface area (Å²) in [7, 11) is 0. The lowest BCUT2D eigenvalue weighted by Crippen LogP contribution is -2.52. The van der Waals surface area contributed by atoms with E-state index in [9.17, 15) is 9.90 Å². The van der Waals surface area contributed by atoms with Crippen LogP contribution in [-0.2, 0) is 23.7 Å². The van der Waals surface area contributed by atoms with Crippen LogP contribution in [0.5, 0.6) is 0 Å². The zero-order chi connectivity index (χ0) is 11.0. The molecule has 0 saturated carbocycles. The van der Waals surface area contributed by atoms with Crippen molar-refractivity contribution in [1.29, 1.82) is 0 Å². The number of carbonyl (C=O) groups excluding carboxylic acids is 1. The van der Waals surface area contributed by atoms with Crippen LogP contribution in [0.3, 0.4) is 0 Å². The van der Waals surface area contributed by atoms with E-state index in [1.807, 2.05) is 0 Å². The maximum absolute atomic E-state index is 10.2. The first-order chi connectivity index (χ1) is 7.13. The molecule has 0 aliphatic carbocycles. The van der Waals surface area contributed by atoms with Crippen LogP contribution < -0.4 is 0 Å². The maximum atomic E-state index is 10.2. The summed E-state index contributed by atoms with van der Waals surface area (Å²) in [4.78, 5) is 10.2. The zero-order valence-corrected chi connectivity index (χ0v) is 8.53. The topological polar surface area (TPSA) is 74.2 Å². The second kappa shape index (κ2) is 4.05. The minimum absolute atomic E-state index is 0.210. The van der Waals surface area contributed by atoms with E-state index in [4.69, 9.17) is 14.2 Å². The van der Waals surface area contributed by atoms with E-state index < -0.39 is 18.7 Å². The minimum Gasteiger partial charge on any atom is -0.435 e. The molecule has 0 aromatic heterocycles. The SMILES string of the molecule is CC1O[C@H]2OC(OC=O)[C@@H](O)C(C)[C@@H]2O1. The summed E-state index contributed by atoms with van der Waals surface area (Å²) < 4.78 is 20.6. The smallest absolute Gasteiger partial charge is 0.295 e. The lowest BCUT2D eigenvalue weighted by atomic mass is 9.94. The third-order valence-corrected chi connectivity index (χ3v) is 2.74. The summed E-state index contributed by atoms with van der Waals surface area (Å²) in [6, 6.07) is 0. The normalized spacial score (nSPS) is 49.8. The van der Waals surface area contributed by atoms with Gasteiger partial charge in [-0.2, -0.15) is 0 Å². The molecular formula is C9H14O6. The van der Waals surface area contributed by atoms with E-state index in [1.54, 1.807) is 13.8 Å². The van der Waals surface area contributed by atoms with Crippen LogP contribution >= 0.6 is 0 Å². The second-order valence-corrected chi connectivity index (χ2v) is 3.76. The lowest BCUT2D eigenvalue weighted by molar-refractivity contribution is -0.293. The molecule has 2 aliphatic heterocycles. The number of rotatable bonds is 2. The first-order valence-electron chi connectivity index (χ1n) is 4.87. The van der Waals surface area contributed by atoms with E-state index in [2.05, 4.69) is 4.74 Å². The summed E-state index contributed by atoms with van der Waals surface area (Å²) in [5.41, 5.74) is 0. The molecule has 0 spiro atoms. The van der Waals surface area contributed by atoms with Crippen LogP contribution in [0.15, 0.2) is 0 Å². The Morgan fingerprint density at radius 3 is 2.67 bits per heavy atom. The van der Waals surface area contributed by atoms with E-state index >= 15 is 0 Å². The third kappa shape index (κ3) is 1.85. The number of aliphatic hydroxyl groups excluding tert-OH is 1. The van der Waals surface area contributed by atoms with Crippen molar-refractivity contribution >= 4 is 6.47 Å². The predicted octanol–water partition coefficient (Wildman–Crippen LogP) is -0.400. The van der Waals surface area contributed by atoms with Crippen molar-refractivity contribution in [2.75, 3.05) is 0 Å². The Labute approximate surface area is 87.1 Å².